The summed E-state index contributed by atoms with van der Waals surface area (Å²) < 4.78 is 0. The topological polar surface area (TPSA) is 0 Å². The van der Waals surface area contributed by atoms with E-state index in [4.69, 9.17) is 0 Å². The van der Waals surface area contributed by atoms with Gasteiger partial charge in [0.15, 0.2) is 0 Å². The van der Waals surface area contributed by atoms with Crippen LogP contribution in [0, 0.1) is 11.3 Å². The lowest BCUT2D eigenvalue weighted by Crippen LogP contribution is -2.05. The van der Waals surface area contributed by atoms with Gasteiger partial charge in [0, 0.05) is 0 Å². The van der Waals surface area contributed by atoms with E-state index in [0.717, 1.165) is 11.3 Å². The van der Waals surface area contributed by atoms with E-state index in [1.165, 1.54) is 64.2 Å². The van der Waals surface area contributed by atoms with Crippen molar-refractivity contribution in [2.75, 3.05) is 0 Å². The van der Waals surface area contributed by atoms with Crippen LogP contribution in [0.15, 0.2) is 0 Å². The van der Waals surface area contributed by atoms with E-state index >= 15 is 0 Å². The van der Waals surface area contributed by atoms with Crippen LogP contribution in [0.25, 0.3) is 0 Å². The summed E-state index contributed by atoms with van der Waals surface area (Å²) in [7, 11) is 0. The van der Waals surface area contributed by atoms with Crippen molar-refractivity contribution in [1.82, 2.24) is 0 Å². The van der Waals surface area contributed by atoms with Crippen LogP contribution in [-0.2, 0) is 0 Å². The fourth-order valence-corrected chi connectivity index (χ4v) is 3.94. The standard InChI is InChI=1S/C16H30/c1-2-15-14-16(15)12-10-8-6-4-3-5-7-9-11-13-16/h15H,2-14H2,1H3. The molecule has 0 aromatic rings. The minimum Gasteiger partial charge on any atom is -0.0651 e. The number of hydrogen-bond donors (Lipinski definition) is 0. The van der Waals surface area contributed by atoms with E-state index in [2.05, 4.69) is 6.92 Å². The first-order valence-electron chi connectivity index (χ1n) is 7.87. The van der Waals surface area contributed by atoms with Crippen molar-refractivity contribution < 1.29 is 0 Å². The third kappa shape index (κ3) is 3.25. The molecule has 2 fully saturated rings. The van der Waals surface area contributed by atoms with Gasteiger partial charge in [0.25, 0.3) is 0 Å². The molecule has 0 heterocycles. The highest BCUT2D eigenvalue weighted by atomic mass is 14.6. The van der Waals surface area contributed by atoms with Crippen LogP contribution in [0.2, 0.25) is 0 Å². The van der Waals surface area contributed by atoms with E-state index in [9.17, 15) is 0 Å². The molecular weight excluding hydrogens is 192 g/mol. The predicted molar refractivity (Wildman–Crippen MR) is 71.6 cm³/mol. The SMILES string of the molecule is CCC1CC12CCCCCCCCCCC2. The summed E-state index contributed by atoms with van der Waals surface area (Å²) in [5, 5.41) is 0. The fourth-order valence-electron chi connectivity index (χ4n) is 3.94. The highest BCUT2D eigenvalue weighted by Crippen LogP contribution is 2.61. The summed E-state index contributed by atoms with van der Waals surface area (Å²) in [5.41, 5.74) is 0.841. The lowest BCUT2D eigenvalue weighted by Gasteiger charge is -2.18. The second-order valence-corrected chi connectivity index (χ2v) is 6.35. The number of hydrogen-bond acceptors (Lipinski definition) is 0. The van der Waals surface area contributed by atoms with Crippen molar-refractivity contribution in [2.45, 2.75) is 90.4 Å². The zero-order valence-electron chi connectivity index (χ0n) is 11.3. The average molecular weight is 222 g/mol. The molecule has 16 heavy (non-hydrogen) atoms. The van der Waals surface area contributed by atoms with Gasteiger partial charge in [-0.25, -0.2) is 0 Å². The van der Waals surface area contributed by atoms with E-state index < -0.39 is 0 Å². The van der Waals surface area contributed by atoms with Crippen LogP contribution < -0.4 is 0 Å². The van der Waals surface area contributed by atoms with Gasteiger partial charge >= 0.3 is 0 Å². The van der Waals surface area contributed by atoms with E-state index in [1.54, 1.807) is 19.3 Å². The van der Waals surface area contributed by atoms with Crippen LogP contribution >= 0.6 is 0 Å². The van der Waals surface area contributed by atoms with Gasteiger partial charge in [0.05, 0.1) is 0 Å². The van der Waals surface area contributed by atoms with Gasteiger partial charge in [0.2, 0.25) is 0 Å². The smallest absolute Gasteiger partial charge is 0.0266 e. The molecule has 1 atom stereocenters. The third-order valence-electron chi connectivity index (χ3n) is 5.20. The Morgan fingerprint density at radius 3 is 1.56 bits per heavy atom. The lowest BCUT2D eigenvalue weighted by atomic mass is 9.88. The second kappa shape index (κ2) is 6.07. The van der Waals surface area contributed by atoms with Crippen molar-refractivity contribution in [3.05, 3.63) is 0 Å². The van der Waals surface area contributed by atoms with Gasteiger partial charge in [-0.1, -0.05) is 71.1 Å². The minimum absolute atomic E-state index is 0.841. The minimum atomic E-state index is 0.841. The molecular formula is C16H30. The summed E-state index contributed by atoms with van der Waals surface area (Å²) >= 11 is 0. The molecule has 94 valence electrons. The van der Waals surface area contributed by atoms with Crippen LogP contribution in [0.3, 0.4) is 0 Å². The van der Waals surface area contributed by atoms with Crippen molar-refractivity contribution in [3.8, 4) is 0 Å². The molecule has 2 rings (SSSR count). The zero-order valence-corrected chi connectivity index (χ0v) is 11.3. The molecule has 2 saturated carbocycles. The van der Waals surface area contributed by atoms with E-state index in [1.807, 2.05) is 0 Å². The highest BCUT2D eigenvalue weighted by Gasteiger charge is 2.50. The molecule has 0 N–H and O–H groups in total. The fraction of sp³-hybridized carbons (Fsp3) is 1.00. The van der Waals surface area contributed by atoms with Gasteiger partial charge in [-0.3, -0.25) is 0 Å². The molecule has 2 aliphatic carbocycles. The summed E-state index contributed by atoms with van der Waals surface area (Å²) in [6.07, 6.45) is 19.7. The largest absolute Gasteiger partial charge is 0.0651 e. The van der Waals surface area contributed by atoms with Crippen molar-refractivity contribution in [1.29, 1.82) is 0 Å². The Labute approximate surface area is 102 Å². The van der Waals surface area contributed by atoms with Gasteiger partial charge in [-0.2, -0.15) is 0 Å². The van der Waals surface area contributed by atoms with Gasteiger partial charge < -0.3 is 0 Å². The van der Waals surface area contributed by atoms with Gasteiger partial charge in [-0.05, 0) is 30.6 Å². The highest BCUT2D eigenvalue weighted by molar-refractivity contribution is 5.00. The van der Waals surface area contributed by atoms with Crippen LogP contribution in [0.5, 0.6) is 0 Å². The molecule has 0 aromatic carbocycles. The second-order valence-electron chi connectivity index (χ2n) is 6.35. The Balaban J connectivity index is 1.78. The number of rotatable bonds is 1. The summed E-state index contributed by atoms with van der Waals surface area (Å²) in [5.74, 6) is 1.11. The predicted octanol–water partition coefficient (Wildman–Crippen LogP) is 5.71. The Kier molecular flexibility index (Phi) is 4.73. The summed E-state index contributed by atoms with van der Waals surface area (Å²) in [4.78, 5) is 0. The van der Waals surface area contributed by atoms with E-state index in [0.29, 0.717) is 0 Å². The molecule has 0 aromatic heterocycles. The molecule has 2 aliphatic rings. The zero-order chi connectivity index (χ0) is 11.3. The first kappa shape index (κ1) is 12.5. The van der Waals surface area contributed by atoms with Crippen molar-refractivity contribution >= 4 is 0 Å². The first-order chi connectivity index (χ1) is 7.87. The maximum Gasteiger partial charge on any atom is -0.0266 e. The Hall–Kier alpha value is 0. The molecule has 0 saturated heterocycles. The first-order valence-corrected chi connectivity index (χ1v) is 7.87. The Morgan fingerprint density at radius 2 is 1.19 bits per heavy atom. The van der Waals surface area contributed by atoms with Crippen LogP contribution in [0.1, 0.15) is 90.4 Å². The molecule has 0 amide bonds. The summed E-state index contributed by atoms with van der Waals surface area (Å²) in [6.45, 7) is 2.40. The van der Waals surface area contributed by atoms with Gasteiger partial charge in [0.1, 0.15) is 0 Å². The molecule has 0 heteroatoms. The quantitative estimate of drug-likeness (QED) is 0.533. The molecule has 0 aliphatic heterocycles. The van der Waals surface area contributed by atoms with Crippen molar-refractivity contribution in [3.63, 3.8) is 0 Å². The third-order valence-corrected chi connectivity index (χ3v) is 5.20. The average Bonchev–Trinajstić information content (AvgIpc) is 2.98. The Morgan fingerprint density at radius 1 is 0.750 bits per heavy atom. The lowest BCUT2D eigenvalue weighted by molar-refractivity contribution is 0.341. The molecule has 0 nitrogen and oxygen atoms in total. The van der Waals surface area contributed by atoms with Crippen LogP contribution in [0.4, 0.5) is 0 Å². The van der Waals surface area contributed by atoms with E-state index in [-0.39, 0.29) is 0 Å². The normalized spacial score (nSPS) is 31.7. The molecule has 0 radical (unpaired) electrons. The maximum absolute atomic E-state index is 2.40. The van der Waals surface area contributed by atoms with Crippen molar-refractivity contribution in [2.24, 2.45) is 11.3 Å². The van der Waals surface area contributed by atoms with Gasteiger partial charge in [-0.15, -0.1) is 0 Å². The molecule has 0 bridgehead atoms. The van der Waals surface area contributed by atoms with Crippen LogP contribution in [-0.4, -0.2) is 0 Å². The maximum atomic E-state index is 2.40. The summed E-state index contributed by atoms with van der Waals surface area (Å²) in [6, 6.07) is 0. The molecule has 1 spiro atoms. The monoisotopic (exact) mass is 222 g/mol. The molecule has 1 unspecified atom stereocenters. The Bertz CT molecular complexity index is 182.